The number of nitrogens with one attached hydrogen (secondary N) is 1. The molecule has 8 heteroatoms. The molecule has 1 amide bonds. The minimum atomic E-state index is -0.435. The lowest BCUT2D eigenvalue weighted by atomic mass is 10.1. The fraction of sp³-hybridized carbons (Fsp3) is 0.368. The number of carbonyl (C=O) groups excluding carboxylic acids is 1. The lowest BCUT2D eigenvalue weighted by Gasteiger charge is -2.15. The van der Waals surface area contributed by atoms with E-state index in [-0.39, 0.29) is 5.56 Å². The molecule has 0 aliphatic carbocycles. The van der Waals surface area contributed by atoms with Crippen molar-refractivity contribution in [2.24, 2.45) is 0 Å². The fourth-order valence-corrected chi connectivity index (χ4v) is 3.78. The monoisotopic (exact) mass is 385 g/mol. The average molecular weight is 385 g/mol. The number of fused-ring (bicyclic) bond motifs is 1. The van der Waals surface area contributed by atoms with Crippen LogP contribution in [-0.4, -0.2) is 40.1 Å². The maximum absolute atomic E-state index is 12.6. The van der Waals surface area contributed by atoms with Crippen LogP contribution in [0.3, 0.4) is 0 Å². The minimum Gasteiger partial charge on any atom is -0.352 e. The summed E-state index contributed by atoms with van der Waals surface area (Å²) in [7, 11) is 0. The zero-order valence-electron chi connectivity index (χ0n) is 15.5. The van der Waals surface area contributed by atoms with E-state index in [9.17, 15) is 9.59 Å². The van der Waals surface area contributed by atoms with Gasteiger partial charge in [0.15, 0.2) is 0 Å². The zero-order valence-corrected chi connectivity index (χ0v) is 16.3. The summed E-state index contributed by atoms with van der Waals surface area (Å²) in [6.07, 6.45) is 3.01. The molecule has 0 atom stereocenters. The van der Waals surface area contributed by atoms with Gasteiger partial charge < -0.3 is 10.2 Å². The molecule has 2 heterocycles. The normalized spacial score (nSPS) is 10.9. The molecule has 0 aliphatic rings. The van der Waals surface area contributed by atoms with E-state index in [2.05, 4.69) is 27.5 Å². The van der Waals surface area contributed by atoms with Crippen molar-refractivity contribution < 1.29 is 4.79 Å². The van der Waals surface area contributed by atoms with E-state index in [1.807, 2.05) is 36.9 Å². The molecule has 0 unspecified atom stereocenters. The molecule has 0 aliphatic heterocycles. The zero-order chi connectivity index (χ0) is 19.2. The number of carbonyl (C=O) groups is 1. The number of hydrogen-bond donors (Lipinski definition) is 1. The van der Waals surface area contributed by atoms with E-state index < -0.39 is 11.5 Å². The van der Waals surface area contributed by atoms with Gasteiger partial charge in [0.2, 0.25) is 10.1 Å². The smallest absolute Gasteiger partial charge is 0.288 e. The van der Waals surface area contributed by atoms with E-state index in [1.165, 1.54) is 27.6 Å². The highest BCUT2D eigenvalue weighted by Crippen LogP contribution is 2.20. The molecule has 0 bridgehead atoms. The maximum Gasteiger partial charge on any atom is 0.288 e. The molecule has 0 saturated carbocycles. The van der Waals surface area contributed by atoms with E-state index in [0.29, 0.717) is 11.5 Å². The Bertz CT molecular complexity index is 963. The lowest BCUT2D eigenvalue weighted by molar-refractivity contribution is 0.0951. The predicted molar refractivity (Wildman–Crippen MR) is 108 cm³/mol. The first-order valence-electron chi connectivity index (χ1n) is 9.10. The summed E-state index contributed by atoms with van der Waals surface area (Å²) in [6.45, 7) is 6.14. The van der Waals surface area contributed by atoms with Gasteiger partial charge in [-0.1, -0.05) is 41.7 Å². The first kappa shape index (κ1) is 19.0. The van der Waals surface area contributed by atoms with Gasteiger partial charge in [-0.15, -0.1) is 5.10 Å². The first-order valence-corrected chi connectivity index (χ1v) is 9.91. The highest BCUT2D eigenvalue weighted by atomic mass is 32.1. The van der Waals surface area contributed by atoms with Crippen LogP contribution in [0.2, 0.25) is 0 Å². The SMILES string of the molecule is CCN(CC)c1nn2c(=O)c(C(=O)NCCCc3ccccc3)cnc2s1. The van der Waals surface area contributed by atoms with Crippen LogP contribution in [0.5, 0.6) is 0 Å². The third-order valence-corrected chi connectivity index (χ3v) is 5.31. The van der Waals surface area contributed by atoms with Gasteiger partial charge in [0.1, 0.15) is 5.56 Å². The van der Waals surface area contributed by atoms with E-state index >= 15 is 0 Å². The van der Waals surface area contributed by atoms with Gasteiger partial charge in [-0.25, -0.2) is 4.98 Å². The molecule has 2 aromatic heterocycles. The quantitative estimate of drug-likeness (QED) is 0.602. The second-order valence-electron chi connectivity index (χ2n) is 6.07. The third kappa shape index (κ3) is 4.33. The van der Waals surface area contributed by atoms with Crippen molar-refractivity contribution in [1.82, 2.24) is 19.9 Å². The molecule has 3 aromatic rings. The van der Waals surface area contributed by atoms with Crippen LogP contribution in [0.15, 0.2) is 41.3 Å². The van der Waals surface area contributed by atoms with Gasteiger partial charge in [0.25, 0.3) is 11.5 Å². The topological polar surface area (TPSA) is 79.6 Å². The van der Waals surface area contributed by atoms with Crippen molar-refractivity contribution in [3.05, 3.63) is 58.0 Å². The van der Waals surface area contributed by atoms with Crippen molar-refractivity contribution in [2.75, 3.05) is 24.5 Å². The molecule has 0 fully saturated rings. The number of anilines is 1. The van der Waals surface area contributed by atoms with Gasteiger partial charge in [0, 0.05) is 25.8 Å². The number of aromatic nitrogens is 3. The maximum atomic E-state index is 12.6. The minimum absolute atomic E-state index is 0.0172. The summed E-state index contributed by atoms with van der Waals surface area (Å²) in [5.41, 5.74) is 0.806. The van der Waals surface area contributed by atoms with Crippen molar-refractivity contribution in [3.63, 3.8) is 0 Å². The van der Waals surface area contributed by atoms with Gasteiger partial charge in [-0.05, 0) is 32.3 Å². The Hall–Kier alpha value is -2.74. The molecule has 3 rings (SSSR count). The van der Waals surface area contributed by atoms with Crippen LogP contribution >= 0.6 is 11.3 Å². The molecular weight excluding hydrogens is 362 g/mol. The molecule has 142 valence electrons. The summed E-state index contributed by atoms with van der Waals surface area (Å²) in [6, 6.07) is 10.1. The van der Waals surface area contributed by atoms with Crippen LogP contribution in [0.25, 0.3) is 4.96 Å². The average Bonchev–Trinajstić information content (AvgIpc) is 3.12. The molecule has 0 radical (unpaired) electrons. The van der Waals surface area contributed by atoms with Gasteiger partial charge in [-0.2, -0.15) is 4.52 Å². The standard InChI is InChI=1S/C19H23N5O2S/c1-3-23(4-2)19-22-24-17(26)15(13-21-18(24)27-19)16(25)20-12-8-11-14-9-6-5-7-10-14/h5-7,9-10,13H,3-4,8,11-12H2,1-2H3,(H,20,25). The molecule has 0 spiro atoms. The highest BCUT2D eigenvalue weighted by Gasteiger charge is 2.17. The first-order chi connectivity index (χ1) is 13.1. The number of nitrogens with zero attached hydrogens (tertiary/aromatic N) is 4. The number of amides is 1. The number of benzene rings is 1. The Morgan fingerprint density at radius 3 is 2.67 bits per heavy atom. The fourth-order valence-electron chi connectivity index (χ4n) is 2.79. The van der Waals surface area contributed by atoms with Crippen molar-refractivity contribution >= 4 is 27.3 Å². The lowest BCUT2D eigenvalue weighted by Crippen LogP contribution is -2.32. The Morgan fingerprint density at radius 2 is 1.96 bits per heavy atom. The summed E-state index contributed by atoms with van der Waals surface area (Å²) >= 11 is 1.34. The van der Waals surface area contributed by atoms with Gasteiger partial charge >= 0.3 is 0 Å². The van der Waals surface area contributed by atoms with Crippen LogP contribution in [0, 0.1) is 0 Å². The van der Waals surface area contributed by atoms with Crippen LogP contribution < -0.4 is 15.8 Å². The van der Waals surface area contributed by atoms with Gasteiger partial charge in [-0.3, -0.25) is 9.59 Å². The van der Waals surface area contributed by atoms with Crippen molar-refractivity contribution in [1.29, 1.82) is 0 Å². The van der Waals surface area contributed by atoms with Gasteiger partial charge in [0.05, 0.1) is 0 Å². The summed E-state index contributed by atoms with van der Waals surface area (Å²) in [4.78, 5) is 31.8. The summed E-state index contributed by atoms with van der Waals surface area (Å²) in [5.74, 6) is -0.410. The molecule has 0 saturated heterocycles. The Labute approximate surface area is 161 Å². The van der Waals surface area contributed by atoms with Crippen molar-refractivity contribution in [2.45, 2.75) is 26.7 Å². The molecule has 7 nitrogen and oxygen atoms in total. The Balaban J connectivity index is 1.67. The third-order valence-electron chi connectivity index (χ3n) is 4.33. The Morgan fingerprint density at radius 1 is 1.22 bits per heavy atom. The van der Waals surface area contributed by atoms with Crippen LogP contribution in [0.4, 0.5) is 5.13 Å². The predicted octanol–water partition coefficient (Wildman–Crippen LogP) is 2.36. The second-order valence-corrected chi connectivity index (χ2v) is 7.01. The van der Waals surface area contributed by atoms with Crippen LogP contribution in [-0.2, 0) is 6.42 Å². The highest BCUT2D eigenvalue weighted by molar-refractivity contribution is 7.20. The van der Waals surface area contributed by atoms with Crippen molar-refractivity contribution in [3.8, 4) is 0 Å². The van der Waals surface area contributed by atoms with E-state index in [1.54, 1.807) is 0 Å². The largest absolute Gasteiger partial charge is 0.352 e. The summed E-state index contributed by atoms with van der Waals surface area (Å²) in [5, 5.41) is 7.87. The molecular formula is C19H23N5O2S. The number of aryl methyl sites for hydroxylation is 1. The van der Waals surface area contributed by atoms with Crippen LogP contribution in [0.1, 0.15) is 36.2 Å². The number of rotatable bonds is 8. The number of hydrogen-bond acceptors (Lipinski definition) is 6. The Kier molecular flexibility index (Phi) is 6.18. The second kappa shape index (κ2) is 8.77. The molecule has 1 aromatic carbocycles. The summed E-state index contributed by atoms with van der Waals surface area (Å²) < 4.78 is 1.22. The molecule has 27 heavy (non-hydrogen) atoms. The van der Waals surface area contributed by atoms with E-state index in [0.717, 1.165) is 31.1 Å². The van der Waals surface area contributed by atoms with E-state index in [4.69, 9.17) is 0 Å². The molecule has 1 N–H and O–H groups in total.